The lowest BCUT2D eigenvalue weighted by Crippen LogP contribution is -2.46. The van der Waals surface area contributed by atoms with Crippen LogP contribution < -0.4 is 5.32 Å². The molecule has 2 aliphatic heterocycles. The molecule has 0 spiro atoms. The number of likely N-dealkylation sites (tertiary alicyclic amines) is 1. The molecule has 2 rings (SSSR count). The topological polar surface area (TPSA) is 56.1 Å². The van der Waals surface area contributed by atoms with Gasteiger partial charge in [-0.1, -0.05) is 0 Å². The van der Waals surface area contributed by atoms with E-state index < -0.39 is 0 Å². The highest BCUT2D eigenvalue weighted by Gasteiger charge is 2.35. The summed E-state index contributed by atoms with van der Waals surface area (Å²) in [4.78, 5) is 13.8. The molecule has 2 saturated heterocycles. The molecule has 2 aliphatic rings. The number of amides is 1. The zero-order chi connectivity index (χ0) is 10.8. The van der Waals surface area contributed by atoms with E-state index in [0.29, 0.717) is 6.04 Å². The van der Waals surface area contributed by atoms with Crippen molar-refractivity contribution in [3.63, 3.8) is 0 Å². The molecule has 4 heteroatoms. The second kappa shape index (κ2) is 4.19. The Kier molecular flexibility index (Phi) is 2.92. The summed E-state index contributed by atoms with van der Waals surface area (Å²) in [5.74, 6) is 0.128. The molecule has 4 nitrogen and oxygen atoms in total. The molecule has 0 aromatic carbocycles. The second-order valence-corrected chi connectivity index (χ2v) is 4.52. The van der Waals surface area contributed by atoms with Crippen molar-refractivity contribution in [3.05, 3.63) is 0 Å². The molecule has 2 heterocycles. The number of hydrogen-bond acceptors (Lipinski definition) is 3. The van der Waals surface area contributed by atoms with E-state index in [1.165, 1.54) is 0 Å². The number of nitrogens with one attached hydrogen (secondary N) is 1. The van der Waals surface area contributed by atoms with E-state index >= 15 is 0 Å². The van der Waals surface area contributed by atoms with Gasteiger partial charge in [0.1, 0.15) is 6.04 Å². The predicted octanol–water partition coefficient (Wildman–Crippen LogP) is 0.641. The largest absolute Gasteiger partial charge is 0.325 e. The van der Waals surface area contributed by atoms with E-state index in [1.807, 2.05) is 0 Å². The van der Waals surface area contributed by atoms with Crippen LogP contribution in [0.4, 0.5) is 0 Å². The Morgan fingerprint density at radius 1 is 1.47 bits per heavy atom. The first-order chi connectivity index (χ1) is 7.22. The van der Waals surface area contributed by atoms with Crippen molar-refractivity contribution in [3.8, 4) is 6.07 Å². The minimum atomic E-state index is -0.185. The van der Waals surface area contributed by atoms with Gasteiger partial charge in [0.2, 0.25) is 5.91 Å². The highest BCUT2D eigenvalue weighted by Crippen LogP contribution is 2.21. The third-order valence-corrected chi connectivity index (χ3v) is 3.36. The van der Waals surface area contributed by atoms with Gasteiger partial charge in [0.15, 0.2) is 0 Å². The minimum Gasteiger partial charge on any atom is -0.325 e. The maximum absolute atomic E-state index is 12.1. The Bertz CT molecular complexity index is 297. The molecule has 2 fully saturated rings. The van der Waals surface area contributed by atoms with Crippen molar-refractivity contribution < 1.29 is 4.79 Å². The van der Waals surface area contributed by atoms with Gasteiger partial charge in [0, 0.05) is 12.6 Å². The SMILES string of the molecule is C[C@H]1CC[C@@H](C(=O)N2CCC[C@H]2C#N)N1. The van der Waals surface area contributed by atoms with Crippen LogP contribution in [-0.2, 0) is 4.79 Å². The van der Waals surface area contributed by atoms with Crippen molar-refractivity contribution in [2.45, 2.75) is 50.7 Å². The average Bonchev–Trinajstić information content (AvgIpc) is 2.84. The zero-order valence-corrected chi connectivity index (χ0v) is 9.07. The molecule has 15 heavy (non-hydrogen) atoms. The second-order valence-electron chi connectivity index (χ2n) is 4.52. The third kappa shape index (κ3) is 1.98. The molecule has 0 aliphatic carbocycles. The monoisotopic (exact) mass is 207 g/mol. The van der Waals surface area contributed by atoms with Crippen LogP contribution in [-0.4, -0.2) is 35.5 Å². The molecule has 82 valence electrons. The zero-order valence-electron chi connectivity index (χ0n) is 9.07. The lowest BCUT2D eigenvalue weighted by molar-refractivity contribution is -0.133. The molecule has 0 radical (unpaired) electrons. The smallest absolute Gasteiger partial charge is 0.240 e. The lowest BCUT2D eigenvalue weighted by atomic mass is 10.1. The maximum Gasteiger partial charge on any atom is 0.240 e. The van der Waals surface area contributed by atoms with Crippen LogP contribution in [0.1, 0.15) is 32.6 Å². The summed E-state index contributed by atoms with van der Waals surface area (Å²) in [6.45, 7) is 2.85. The first-order valence-corrected chi connectivity index (χ1v) is 5.68. The normalized spacial score (nSPS) is 35.5. The van der Waals surface area contributed by atoms with Crippen molar-refractivity contribution in [1.82, 2.24) is 10.2 Å². The van der Waals surface area contributed by atoms with Gasteiger partial charge >= 0.3 is 0 Å². The molecule has 0 unspecified atom stereocenters. The van der Waals surface area contributed by atoms with Gasteiger partial charge in [0.25, 0.3) is 0 Å². The predicted molar refractivity (Wildman–Crippen MR) is 56.0 cm³/mol. The molecule has 0 saturated carbocycles. The van der Waals surface area contributed by atoms with Crippen molar-refractivity contribution >= 4 is 5.91 Å². The fourth-order valence-corrected chi connectivity index (χ4v) is 2.49. The molecule has 1 amide bonds. The standard InChI is InChI=1S/C11H17N3O/c1-8-4-5-10(13-8)11(15)14-6-2-3-9(14)7-12/h8-10,13H,2-6H2,1H3/t8-,9-,10-/m0/s1. The van der Waals surface area contributed by atoms with Gasteiger partial charge in [-0.3, -0.25) is 4.79 Å². The maximum atomic E-state index is 12.1. The van der Waals surface area contributed by atoms with Crippen LogP contribution in [0.25, 0.3) is 0 Å². The van der Waals surface area contributed by atoms with Crippen molar-refractivity contribution in [2.75, 3.05) is 6.54 Å². The van der Waals surface area contributed by atoms with E-state index in [4.69, 9.17) is 5.26 Å². The van der Waals surface area contributed by atoms with Gasteiger partial charge in [-0.05, 0) is 32.6 Å². The van der Waals surface area contributed by atoms with Gasteiger partial charge < -0.3 is 10.2 Å². The summed E-state index contributed by atoms with van der Waals surface area (Å²) in [5, 5.41) is 12.2. The summed E-state index contributed by atoms with van der Waals surface area (Å²) in [6.07, 6.45) is 3.77. The Labute approximate surface area is 90.2 Å². The van der Waals surface area contributed by atoms with E-state index in [9.17, 15) is 4.79 Å². The number of nitrogens with zero attached hydrogens (tertiary/aromatic N) is 2. The first kappa shape index (κ1) is 10.4. The fraction of sp³-hybridized carbons (Fsp3) is 0.818. The average molecular weight is 207 g/mol. The third-order valence-electron chi connectivity index (χ3n) is 3.36. The van der Waals surface area contributed by atoms with E-state index in [2.05, 4.69) is 18.3 Å². The van der Waals surface area contributed by atoms with E-state index in [1.54, 1.807) is 4.90 Å². The van der Waals surface area contributed by atoms with E-state index in [0.717, 1.165) is 32.2 Å². The number of hydrogen-bond donors (Lipinski definition) is 1. The highest BCUT2D eigenvalue weighted by atomic mass is 16.2. The number of rotatable bonds is 1. The molecule has 3 atom stereocenters. The van der Waals surface area contributed by atoms with Crippen molar-refractivity contribution in [1.29, 1.82) is 5.26 Å². The summed E-state index contributed by atoms with van der Waals surface area (Å²) >= 11 is 0. The Morgan fingerprint density at radius 2 is 2.27 bits per heavy atom. The van der Waals surface area contributed by atoms with Crippen LogP contribution >= 0.6 is 0 Å². The molecule has 0 aromatic heterocycles. The Morgan fingerprint density at radius 3 is 2.87 bits per heavy atom. The van der Waals surface area contributed by atoms with Gasteiger partial charge in [0.05, 0.1) is 12.1 Å². The molecule has 0 aromatic rings. The van der Waals surface area contributed by atoms with Gasteiger partial charge in [-0.25, -0.2) is 0 Å². The first-order valence-electron chi connectivity index (χ1n) is 5.68. The van der Waals surface area contributed by atoms with Crippen LogP contribution in [0.2, 0.25) is 0 Å². The molecule has 0 bridgehead atoms. The Balaban J connectivity index is 1.99. The minimum absolute atomic E-state index is 0.0473. The van der Waals surface area contributed by atoms with Gasteiger partial charge in [-0.2, -0.15) is 5.26 Å². The summed E-state index contributed by atoms with van der Waals surface area (Å²) in [6, 6.07) is 2.41. The van der Waals surface area contributed by atoms with Crippen LogP contribution in [0, 0.1) is 11.3 Å². The van der Waals surface area contributed by atoms with E-state index in [-0.39, 0.29) is 18.0 Å². The number of nitriles is 1. The summed E-state index contributed by atoms with van der Waals surface area (Å²) < 4.78 is 0. The van der Waals surface area contributed by atoms with Crippen LogP contribution in [0.15, 0.2) is 0 Å². The highest BCUT2D eigenvalue weighted by molar-refractivity contribution is 5.83. The molecule has 1 N–H and O–H groups in total. The summed E-state index contributed by atoms with van der Waals surface area (Å²) in [7, 11) is 0. The Hall–Kier alpha value is -1.08. The van der Waals surface area contributed by atoms with Crippen LogP contribution in [0.3, 0.4) is 0 Å². The van der Waals surface area contributed by atoms with Gasteiger partial charge in [-0.15, -0.1) is 0 Å². The van der Waals surface area contributed by atoms with Crippen molar-refractivity contribution in [2.24, 2.45) is 0 Å². The quantitative estimate of drug-likeness (QED) is 0.686. The van der Waals surface area contributed by atoms with Crippen LogP contribution in [0.5, 0.6) is 0 Å². The molecular formula is C11H17N3O. The summed E-state index contributed by atoms with van der Waals surface area (Å²) in [5.41, 5.74) is 0. The fourth-order valence-electron chi connectivity index (χ4n) is 2.49. The lowest BCUT2D eigenvalue weighted by Gasteiger charge is -2.23. The molecular weight excluding hydrogens is 190 g/mol. The number of carbonyl (C=O) groups is 1. The number of carbonyl (C=O) groups excluding carboxylic acids is 1.